The standard InChI is InChI=1S/C12H14/c1-10-6-5-9-12(10)11-7-3-2-4-8-11/h2-4,7-8H,5-6,9H2,1H3. The van der Waals surface area contributed by atoms with E-state index in [1.807, 2.05) is 0 Å². The molecule has 0 atom stereocenters. The summed E-state index contributed by atoms with van der Waals surface area (Å²) in [4.78, 5) is 0. The second-order valence-electron chi connectivity index (χ2n) is 3.48. The molecule has 0 heteroatoms. The van der Waals surface area contributed by atoms with Crippen LogP contribution in [0.15, 0.2) is 35.9 Å². The predicted octanol–water partition coefficient (Wildman–Crippen LogP) is 3.64. The van der Waals surface area contributed by atoms with Crippen molar-refractivity contribution in [1.82, 2.24) is 0 Å². The molecule has 0 heterocycles. The monoisotopic (exact) mass is 158 g/mol. The Balaban J connectivity index is 2.37. The van der Waals surface area contributed by atoms with Crippen molar-refractivity contribution in [3.05, 3.63) is 41.5 Å². The van der Waals surface area contributed by atoms with Crippen LogP contribution < -0.4 is 0 Å². The maximum absolute atomic E-state index is 2.26. The summed E-state index contributed by atoms with van der Waals surface area (Å²) in [5.74, 6) is 0. The van der Waals surface area contributed by atoms with Crippen LogP contribution in [0.3, 0.4) is 0 Å². The molecule has 0 fully saturated rings. The Morgan fingerprint density at radius 3 is 2.33 bits per heavy atom. The van der Waals surface area contributed by atoms with Crippen LogP contribution >= 0.6 is 0 Å². The van der Waals surface area contributed by atoms with E-state index in [0.717, 1.165) is 0 Å². The summed E-state index contributed by atoms with van der Waals surface area (Å²) in [7, 11) is 0. The lowest BCUT2D eigenvalue weighted by Gasteiger charge is -2.02. The molecule has 1 aliphatic carbocycles. The van der Waals surface area contributed by atoms with Crippen molar-refractivity contribution in [2.75, 3.05) is 0 Å². The van der Waals surface area contributed by atoms with Crippen molar-refractivity contribution in [2.45, 2.75) is 26.2 Å². The molecule has 0 saturated heterocycles. The molecule has 0 saturated carbocycles. The van der Waals surface area contributed by atoms with Gasteiger partial charge in [-0.2, -0.15) is 0 Å². The van der Waals surface area contributed by atoms with Crippen molar-refractivity contribution >= 4 is 5.57 Å². The molecule has 2 rings (SSSR count). The number of benzene rings is 1. The number of allylic oxidation sites excluding steroid dienone is 2. The average Bonchev–Trinajstić information content (AvgIpc) is 2.53. The van der Waals surface area contributed by atoms with Crippen LogP contribution in [0.4, 0.5) is 0 Å². The van der Waals surface area contributed by atoms with Crippen molar-refractivity contribution in [3.8, 4) is 0 Å². The van der Waals surface area contributed by atoms with Crippen LogP contribution in [-0.4, -0.2) is 0 Å². The van der Waals surface area contributed by atoms with Crippen LogP contribution in [0.1, 0.15) is 31.7 Å². The third kappa shape index (κ3) is 1.29. The summed E-state index contributed by atoms with van der Waals surface area (Å²) in [6, 6.07) is 10.7. The van der Waals surface area contributed by atoms with Crippen LogP contribution in [0.5, 0.6) is 0 Å². The van der Waals surface area contributed by atoms with E-state index >= 15 is 0 Å². The van der Waals surface area contributed by atoms with E-state index in [0.29, 0.717) is 0 Å². The maximum atomic E-state index is 2.26. The first-order chi connectivity index (χ1) is 5.88. The second-order valence-corrected chi connectivity index (χ2v) is 3.48. The number of rotatable bonds is 1. The van der Waals surface area contributed by atoms with Gasteiger partial charge >= 0.3 is 0 Å². The van der Waals surface area contributed by atoms with Crippen molar-refractivity contribution in [3.63, 3.8) is 0 Å². The minimum atomic E-state index is 1.27. The van der Waals surface area contributed by atoms with Gasteiger partial charge in [0.2, 0.25) is 0 Å². The minimum Gasteiger partial charge on any atom is -0.0695 e. The fraction of sp³-hybridized carbons (Fsp3) is 0.333. The van der Waals surface area contributed by atoms with Crippen LogP contribution in [0.2, 0.25) is 0 Å². The van der Waals surface area contributed by atoms with E-state index in [4.69, 9.17) is 0 Å². The van der Waals surface area contributed by atoms with Crippen molar-refractivity contribution < 1.29 is 0 Å². The SMILES string of the molecule is CC1=C(c2ccccc2)CCC1. The average molecular weight is 158 g/mol. The lowest BCUT2D eigenvalue weighted by molar-refractivity contribution is 0.910. The molecule has 0 aromatic heterocycles. The first-order valence-corrected chi connectivity index (χ1v) is 4.62. The normalized spacial score (nSPS) is 17.1. The van der Waals surface area contributed by atoms with E-state index in [9.17, 15) is 0 Å². The zero-order chi connectivity index (χ0) is 8.39. The molecule has 0 aliphatic heterocycles. The Labute approximate surface area is 73.9 Å². The molecule has 0 spiro atoms. The minimum absolute atomic E-state index is 1.27. The quantitative estimate of drug-likeness (QED) is 0.585. The summed E-state index contributed by atoms with van der Waals surface area (Å²) in [6.07, 6.45) is 3.91. The summed E-state index contributed by atoms with van der Waals surface area (Å²) < 4.78 is 0. The largest absolute Gasteiger partial charge is 0.0695 e. The molecule has 62 valence electrons. The van der Waals surface area contributed by atoms with Crippen LogP contribution in [-0.2, 0) is 0 Å². The fourth-order valence-electron chi connectivity index (χ4n) is 1.92. The van der Waals surface area contributed by atoms with E-state index in [1.54, 1.807) is 11.1 Å². The van der Waals surface area contributed by atoms with Gasteiger partial charge in [-0.15, -0.1) is 0 Å². The van der Waals surface area contributed by atoms with Gasteiger partial charge in [-0.1, -0.05) is 35.9 Å². The Kier molecular flexibility index (Phi) is 1.99. The molecule has 0 nitrogen and oxygen atoms in total. The van der Waals surface area contributed by atoms with Gasteiger partial charge in [0.25, 0.3) is 0 Å². The van der Waals surface area contributed by atoms with Gasteiger partial charge in [-0.05, 0) is 37.3 Å². The number of hydrogen-bond acceptors (Lipinski definition) is 0. The molecule has 0 radical (unpaired) electrons. The van der Waals surface area contributed by atoms with Crippen LogP contribution in [0, 0.1) is 0 Å². The van der Waals surface area contributed by atoms with Gasteiger partial charge in [0, 0.05) is 0 Å². The Morgan fingerprint density at radius 2 is 1.75 bits per heavy atom. The van der Waals surface area contributed by atoms with E-state index in [-0.39, 0.29) is 0 Å². The summed E-state index contributed by atoms with van der Waals surface area (Å²) in [5.41, 5.74) is 4.59. The molecule has 12 heavy (non-hydrogen) atoms. The topological polar surface area (TPSA) is 0 Å². The zero-order valence-electron chi connectivity index (χ0n) is 7.51. The Hall–Kier alpha value is -1.04. The molecule has 1 aromatic carbocycles. The lowest BCUT2D eigenvalue weighted by atomic mass is 10.0. The highest BCUT2D eigenvalue weighted by molar-refractivity contribution is 5.69. The first kappa shape index (κ1) is 7.60. The Morgan fingerprint density at radius 1 is 1.00 bits per heavy atom. The second kappa shape index (κ2) is 3.14. The van der Waals surface area contributed by atoms with E-state index < -0.39 is 0 Å². The highest BCUT2D eigenvalue weighted by atomic mass is 14.2. The molecular weight excluding hydrogens is 144 g/mol. The van der Waals surface area contributed by atoms with Gasteiger partial charge < -0.3 is 0 Å². The van der Waals surface area contributed by atoms with Gasteiger partial charge in [0.15, 0.2) is 0 Å². The van der Waals surface area contributed by atoms with Gasteiger partial charge in [-0.3, -0.25) is 0 Å². The maximum Gasteiger partial charge on any atom is -0.0225 e. The summed E-state index contributed by atoms with van der Waals surface area (Å²) in [6.45, 7) is 2.26. The summed E-state index contributed by atoms with van der Waals surface area (Å²) in [5, 5.41) is 0. The molecule has 0 bridgehead atoms. The molecule has 0 amide bonds. The molecule has 1 aliphatic rings. The highest BCUT2D eigenvalue weighted by Gasteiger charge is 2.11. The Bertz CT molecular complexity index is 293. The van der Waals surface area contributed by atoms with Gasteiger partial charge in [0.1, 0.15) is 0 Å². The number of hydrogen-bond donors (Lipinski definition) is 0. The fourth-order valence-corrected chi connectivity index (χ4v) is 1.92. The lowest BCUT2D eigenvalue weighted by Crippen LogP contribution is -1.80. The van der Waals surface area contributed by atoms with Crippen molar-refractivity contribution in [2.24, 2.45) is 0 Å². The van der Waals surface area contributed by atoms with E-state index in [2.05, 4.69) is 37.3 Å². The first-order valence-electron chi connectivity index (χ1n) is 4.62. The van der Waals surface area contributed by atoms with Crippen LogP contribution in [0.25, 0.3) is 5.57 Å². The molecule has 0 unspecified atom stereocenters. The molecule has 1 aromatic rings. The predicted molar refractivity (Wildman–Crippen MR) is 52.9 cm³/mol. The van der Waals surface area contributed by atoms with Gasteiger partial charge in [0.05, 0.1) is 0 Å². The molecular formula is C12H14. The zero-order valence-corrected chi connectivity index (χ0v) is 7.51. The van der Waals surface area contributed by atoms with E-state index in [1.165, 1.54) is 24.8 Å². The third-order valence-corrected chi connectivity index (χ3v) is 2.62. The summed E-state index contributed by atoms with van der Waals surface area (Å²) >= 11 is 0. The smallest absolute Gasteiger partial charge is 0.0225 e. The highest BCUT2D eigenvalue weighted by Crippen LogP contribution is 2.32. The van der Waals surface area contributed by atoms with Gasteiger partial charge in [-0.25, -0.2) is 0 Å². The molecule has 0 N–H and O–H groups in total. The van der Waals surface area contributed by atoms with Crippen molar-refractivity contribution in [1.29, 1.82) is 0 Å². The third-order valence-electron chi connectivity index (χ3n) is 2.62.